The number of amides is 1. The van der Waals surface area contributed by atoms with Crippen LogP contribution >= 0.6 is 20.6 Å². The number of nitrogens with zero attached hydrogens (tertiary/aromatic N) is 2. The maximum Gasteiger partial charge on any atom is 0.255 e. The number of carbonyl (C=O) groups excluding carboxylic acids is 1. The fourth-order valence-corrected chi connectivity index (χ4v) is 4.04. The normalized spacial score (nSPS) is 11.0. The summed E-state index contributed by atoms with van der Waals surface area (Å²) in [6.07, 6.45) is 2.77. The highest BCUT2D eigenvalue weighted by atomic mass is 32.1. The van der Waals surface area contributed by atoms with Crippen molar-refractivity contribution in [3.8, 4) is 10.6 Å². The summed E-state index contributed by atoms with van der Waals surface area (Å²) < 4.78 is 13.5. The summed E-state index contributed by atoms with van der Waals surface area (Å²) in [4.78, 5) is 22.7. The lowest BCUT2D eigenvalue weighted by atomic mass is 10.1. The molecule has 1 unspecified atom stereocenters. The largest absolute Gasteiger partial charge is 0.321 e. The molecule has 2 heterocycles. The SMILES string of the molecule is CCc1cnc2sc(-c3ccccc3NC(=O)c3ccc(F)c(P)c3)nc2c1. The quantitative estimate of drug-likeness (QED) is 0.492. The lowest BCUT2D eigenvalue weighted by Crippen LogP contribution is -2.14. The van der Waals surface area contributed by atoms with Crippen LogP contribution in [0.5, 0.6) is 0 Å². The average Bonchev–Trinajstić information content (AvgIpc) is 3.13. The second-order valence-corrected chi connectivity index (χ2v) is 7.88. The van der Waals surface area contributed by atoms with Crippen LogP contribution in [0.4, 0.5) is 10.1 Å². The molecule has 0 aliphatic carbocycles. The Labute approximate surface area is 168 Å². The summed E-state index contributed by atoms with van der Waals surface area (Å²) in [5, 5.41) is 4.06. The van der Waals surface area contributed by atoms with E-state index in [-0.39, 0.29) is 11.7 Å². The molecule has 0 fully saturated rings. The molecule has 0 aliphatic heterocycles. The Hall–Kier alpha value is -2.69. The Morgan fingerprint density at radius 1 is 1.21 bits per heavy atom. The molecule has 0 aliphatic rings. The summed E-state index contributed by atoms with van der Waals surface area (Å²) in [5.74, 6) is -0.668. The summed E-state index contributed by atoms with van der Waals surface area (Å²) >= 11 is 1.48. The highest BCUT2D eigenvalue weighted by molar-refractivity contribution is 7.27. The van der Waals surface area contributed by atoms with Crippen LogP contribution in [0, 0.1) is 5.82 Å². The topological polar surface area (TPSA) is 54.9 Å². The Kier molecular flexibility index (Phi) is 5.16. The molecule has 4 aromatic rings. The van der Waals surface area contributed by atoms with Crippen molar-refractivity contribution in [2.75, 3.05) is 5.32 Å². The Morgan fingerprint density at radius 3 is 2.82 bits per heavy atom. The first-order valence-electron chi connectivity index (χ1n) is 8.76. The predicted molar refractivity (Wildman–Crippen MR) is 116 cm³/mol. The van der Waals surface area contributed by atoms with Crippen LogP contribution in [0.3, 0.4) is 0 Å². The van der Waals surface area contributed by atoms with Gasteiger partial charge in [0.05, 0.1) is 5.69 Å². The number of anilines is 1. The maximum atomic E-state index is 13.5. The molecule has 0 saturated carbocycles. The summed E-state index contributed by atoms with van der Waals surface area (Å²) in [6, 6.07) is 13.8. The van der Waals surface area contributed by atoms with Gasteiger partial charge < -0.3 is 5.32 Å². The van der Waals surface area contributed by atoms with E-state index in [0.29, 0.717) is 16.6 Å². The van der Waals surface area contributed by atoms with Gasteiger partial charge in [-0.25, -0.2) is 14.4 Å². The number of aryl methyl sites for hydroxylation is 1. The monoisotopic (exact) mass is 409 g/mol. The van der Waals surface area contributed by atoms with Crippen LogP contribution in [0.1, 0.15) is 22.8 Å². The van der Waals surface area contributed by atoms with Crippen LogP contribution in [0.25, 0.3) is 20.9 Å². The van der Waals surface area contributed by atoms with Crippen molar-refractivity contribution in [2.45, 2.75) is 13.3 Å². The molecule has 4 nitrogen and oxygen atoms in total. The molecule has 0 spiro atoms. The van der Waals surface area contributed by atoms with Crippen LogP contribution in [0.15, 0.2) is 54.7 Å². The Bertz CT molecular complexity index is 1190. The van der Waals surface area contributed by atoms with Crippen molar-refractivity contribution < 1.29 is 9.18 Å². The van der Waals surface area contributed by atoms with Gasteiger partial charge in [0.1, 0.15) is 21.2 Å². The minimum absolute atomic E-state index is 0.302. The van der Waals surface area contributed by atoms with Gasteiger partial charge in [-0.05, 0) is 48.4 Å². The van der Waals surface area contributed by atoms with Crippen LogP contribution in [-0.4, -0.2) is 15.9 Å². The highest BCUT2D eigenvalue weighted by Gasteiger charge is 2.15. The molecular formula is C21H17FN3OPS. The molecule has 0 saturated heterocycles. The second kappa shape index (κ2) is 7.74. The van der Waals surface area contributed by atoms with E-state index in [4.69, 9.17) is 4.98 Å². The van der Waals surface area contributed by atoms with Crippen LogP contribution < -0.4 is 10.6 Å². The van der Waals surface area contributed by atoms with Crippen molar-refractivity contribution in [3.05, 3.63) is 71.7 Å². The fraction of sp³-hybridized carbons (Fsp3) is 0.0952. The van der Waals surface area contributed by atoms with Crippen molar-refractivity contribution >= 4 is 47.8 Å². The standard InChI is InChI=1S/C21H17FN3OPS/c1-2-12-9-17-21(23-11-12)28-20(25-17)14-5-3-4-6-16(14)24-19(26)13-7-8-15(22)18(27)10-13/h3-11H,2,27H2,1H3,(H,24,26). The van der Waals surface area contributed by atoms with Crippen molar-refractivity contribution in [1.82, 2.24) is 9.97 Å². The number of rotatable bonds is 4. The number of nitrogens with one attached hydrogen (secondary N) is 1. The molecule has 2 aromatic carbocycles. The summed E-state index contributed by atoms with van der Waals surface area (Å²) in [6.45, 7) is 2.08. The van der Waals surface area contributed by atoms with Gasteiger partial charge in [0.25, 0.3) is 5.91 Å². The van der Waals surface area contributed by atoms with Gasteiger partial charge in [-0.15, -0.1) is 9.24 Å². The van der Waals surface area contributed by atoms with E-state index >= 15 is 0 Å². The third kappa shape index (κ3) is 3.66. The molecule has 1 amide bonds. The van der Waals surface area contributed by atoms with E-state index in [1.165, 1.54) is 29.5 Å². The molecular weight excluding hydrogens is 392 g/mol. The molecule has 7 heteroatoms. The third-order valence-electron chi connectivity index (χ3n) is 4.38. The van der Waals surface area contributed by atoms with E-state index in [2.05, 4.69) is 26.5 Å². The molecule has 1 atom stereocenters. The van der Waals surface area contributed by atoms with Gasteiger partial charge in [0.15, 0.2) is 0 Å². The van der Waals surface area contributed by atoms with Crippen LogP contribution in [-0.2, 0) is 6.42 Å². The number of para-hydroxylation sites is 1. The molecule has 4 rings (SSSR count). The predicted octanol–water partition coefficient (Wildman–Crippen LogP) is 4.81. The number of thiazole rings is 1. The van der Waals surface area contributed by atoms with Crippen LogP contribution in [0.2, 0.25) is 0 Å². The first-order valence-corrected chi connectivity index (χ1v) is 10.2. The minimum atomic E-state index is -0.365. The van der Waals surface area contributed by atoms with E-state index in [0.717, 1.165) is 32.9 Å². The molecule has 140 valence electrons. The number of hydrogen-bond donors (Lipinski definition) is 1. The zero-order valence-corrected chi connectivity index (χ0v) is 17.0. The molecule has 28 heavy (non-hydrogen) atoms. The number of fused-ring (bicyclic) bond motifs is 1. The first kappa shape index (κ1) is 18.7. The highest BCUT2D eigenvalue weighted by Crippen LogP contribution is 2.34. The maximum absolute atomic E-state index is 13.5. The van der Waals surface area contributed by atoms with Crippen molar-refractivity contribution in [1.29, 1.82) is 0 Å². The number of aromatic nitrogens is 2. The van der Waals surface area contributed by atoms with Crippen molar-refractivity contribution in [2.24, 2.45) is 0 Å². The average molecular weight is 409 g/mol. The molecule has 0 bridgehead atoms. The molecule has 1 N–H and O–H groups in total. The Morgan fingerprint density at radius 2 is 2.04 bits per heavy atom. The molecule has 0 radical (unpaired) electrons. The van der Waals surface area contributed by atoms with E-state index in [1.807, 2.05) is 36.5 Å². The third-order valence-corrected chi connectivity index (χ3v) is 5.83. The van der Waals surface area contributed by atoms with Gasteiger partial charge in [-0.3, -0.25) is 4.79 Å². The number of pyridine rings is 1. The van der Waals surface area contributed by atoms with Gasteiger partial charge >= 0.3 is 0 Å². The number of halogens is 1. The lowest BCUT2D eigenvalue weighted by molar-refractivity contribution is 0.102. The van der Waals surface area contributed by atoms with Gasteiger partial charge in [-0.1, -0.05) is 30.4 Å². The van der Waals surface area contributed by atoms with Gasteiger partial charge in [0.2, 0.25) is 0 Å². The van der Waals surface area contributed by atoms with Gasteiger partial charge in [-0.2, -0.15) is 0 Å². The second-order valence-electron chi connectivity index (χ2n) is 6.28. The Balaban J connectivity index is 1.69. The zero-order valence-electron chi connectivity index (χ0n) is 15.1. The number of carbonyl (C=O) groups is 1. The zero-order chi connectivity index (χ0) is 19.7. The van der Waals surface area contributed by atoms with Gasteiger partial charge in [0, 0.05) is 22.6 Å². The summed E-state index contributed by atoms with van der Waals surface area (Å²) in [7, 11) is 2.29. The lowest BCUT2D eigenvalue weighted by Gasteiger charge is -2.10. The van der Waals surface area contributed by atoms with E-state index in [9.17, 15) is 9.18 Å². The molecule has 2 aromatic heterocycles. The fourth-order valence-electron chi connectivity index (χ4n) is 2.83. The summed E-state index contributed by atoms with van der Waals surface area (Å²) in [5.41, 5.74) is 3.85. The van der Waals surface area contributed by atoms with E-state index < -0.39 is 0 Å². The minimum Gasteiger partial charge on any atom is -0.321 e. The smallest absolute Gasteiger partial charge is 0.255 e. The number of hydrogen-bond acceptors (Lipinski definition) is 4. The number of benzene rings is 2. The van der Waals surface area contributed by atoms with Crippen molar-refractivity contribution in [3.63, 3.8) is 0 Å². The first-order chi connectivity index (χ1) is 13.5. The van der Waals surface area contributed by atoms with E-state index in [1.54, 1.807) is 0 Å².